The lowest BCUT2D eigenvalue weighted by molar-refractivity contribution is -0.125. The van der Waals surface area contributed by atoms with Crippen LogP contribution in [-0.2, 0) is 11.3 Å². The highest BCUT2D eigenvalue weighted by Crippen LogP contribution is 2.28. The molecular formula is C24H25N5OS. The first kappa shape index (κ1) is 19.9. The van der Waals surface area contributed by atoms with Gasteiger partial charge in [0.05, 0.1) is 17.0 Å². The fourth-order valence-corrected chi connectivity index (χ4v) is 4.69. The predicted molar refractivity (Wildman–Crippen MR) is 125 cm³/mol. The number of nitrogens with one attached hydrogen (secondary N) is 1. The van der Waals surface area contributed by atoms with Gasteiger partial charge < -0.3 is 14.6 Å². The molecule has 1 aromatic carbocycles. The molecular weight excluding hydrogens is 406 g/mol. The number of amides is 1. The summed E-state index contributed by atoms with van der Waals surface area (Å²) in [5.74, 6) is 0.973. The number of benzene rings is 1. The number of hydrogen-bond donors (Lipinski definition) is 1. The van der Waals surface area contributed by atoms with Gasteiger partial charge in [0.1, 0.15) is 0 Å². The van der Waals surface area contributed by atoms with Gasteiger partial charge in [0.15, 0.2) is 11.5 Å². The largest absolute Gasteiger partial charge is 0.354 e. The van der Waals surface area contributed by atoms with Crippen LogP contribution < -0.4 is 10.2 Å². The van der Waals surface area contributed by atoms with E-state index < -0.39 is 0 Å². The number of aromatic nitrogens is 3. The van der Waals surface area contributed by atoms with E-state index in [-0.39, 0.29) is 11.8 Å². The summed E-state index contributed by atoms with van der Waals surface area (Å²) in [6, 6.07) is 16.4. The number of thioether (sulfide) groups is 1. The van der Waals surface area contributed by atoms with Crippen LogP contribution in [-0.4, -0.2) is 39.6 Å². The molecule has 1 fully saturated rings. The molecule has 0 bridgehead atoms. The van der Waals surface area contributed by atoms with Crippen molar-refractivity contribution in [2.75, 3.05) is 24.2 Å². The van der Waals surface area contributed by atoms with Gasteiger partial charge in [-0.2, -0.15) is 0 Å². The molecule has 7 heteroatoms. The summed E-state index contributed by atoms with van der Waals surface area (Å²) >= 11 is 1.72. The zero-order valence-corrected chi connectivity index (χ0v) is 18.3. The van der Waals surface area contributed by atoms with Crippen LogP contribution in [0.5, 0.6) is 0 Å². The molecule has 3 aromatic heterocycles. The maximum absolute atomic E-state index is 12.9. The van der Waals surface area contributed by atoms with E-state index in [1.165, 1.54) is 4.90 Å². The zero-order chi connectivity index (χ0) is 21.2. The Morgan fingerprint density at radius 3 is 2.84 bits per heavy atom. The van der Waals surface area contributed by atoms with Gasteiger partial charge in [0, 0.05) is 36.9 Å². The number of nitrogens with zero attached hydrogens (tertiary/aromatic N) is 4. The van der Waals surface area contributed by atoms with Crippen LogP contribution in [0, 0.1) is 5.92 Å². The monoisotopic (exact) mass is 431 g/mol. The number of carbonyl (C=O) groups excluding carboxylic acids is 1. The Labute approximate surface area is 185 Å². The fourth-order valence-electron chi connectivity index (χ4n) is 4.29. The van der Waals surface area contributed by atoms with Gasteiger partial charge in [0.2, 0.25) is 5.91 Å². The fraction of sp³-hybridized carbons (Fsp3) is 0.292. The number of hydrogen-bond acceptors (Lipinski definition) is 5. The molecule has 6 nitrogen and oxygen atoms in total. The molecule has 0 saturated carbocycles. The van der Waals surface area contributed by atoms with Crippen molar-refractivity contribution in [2.24, 2.45) is 5.92 Å². The number of pyridine rings is 1. The van der Waals surface area contributed by atoms with Crippen molar-refractivity contribution in [3.8, 4) is 0 Å². The number of fused-ring (bicyclic) bond motifs is 3. The first-order valence-electron chi connectivity index (χ1n) is 10.6. The Hall–Kier alpha value is -3.06. The van der Waals surface area contributed by atoms with E-state index >= 15 is 0 Å². The molecule has 31 heavy (non-hydrogen) atoms. The SMILES string of the molecule is CSc1ccc(CNC(=O)C2CCCN(c3nc4ncccc4n4cccc34)C2)cc1. The molecule has 1 amide bonds. The Morgan fingerprint density at radius 2 is 2.00 bits per heavy atom. The van der Waals surface area contributed by atoms with Gasteiger partial charge >= 0.3 is 0 Å². The van der Waals surface area contributed by atoms with E-state index in [0.717, 1.165) is 47.4 Å². The molecule has 0 spiro atoms. The van der Waals surface area contributed by atoms with Gasteiger partial charge in [0.25, 0.3) is 0 Å². The van der Waals surface area contributed by atoms with Crippen molar-refractivity contribution < 1.29 is 4.79 Å². The Bertz CT molecular complexity index is 1220. The molecule has 4 heterocycles. The molecule has 158 valence electrons. The van der Waals surface area contributed by atoms with Gasteiger partial charge in [-0.05, 0) is 61.1 Å². The Balaban J connectivity index is 1.33. The second-order valence-corrected chi connectivity index (χ2v) is 8.78. The predicted octanol–water partition coefficient (Wildman–Crippen LogP) is 4.14. The summed E-state index contributed by atoms with van der Waals surface area (Å²) < 4.78 is 2.13. The average molecular weight is 432 g/mol. The minimum absolute atomic E-state index is 0.0459. The molecule has 4 aromatic rings. The lowest BCUT2D eigenvalue weighted by Gasteiger charge is -2.33. The molecule has 0 aliphatic carbocycles. The van der Waals surface area contributed by atoms with Crippen LogP contribution >= 0.6 is 11.8 Å². The van der Waals surface area contributed by atoms with Gasteiger partial charge in [-0.25, -0.2) is 9.97 Å². The van der Waals surface area contributed by atoms with E-state index in [4.69, 9.17) is 4.98 Å². The number of rotatable bonds is 5. The molecule has 5 rings (SSSR count). The summed E-state index contributed by atoms with van der Waals surface area (Å²) in [5.41, 5.74) is 3.89. The van der Waals surface area contributed by atoms with Crippen molar-refractivity contribution in [1.29, 1.82) is 0 Å². The van der Waals surface area contributed by atoms with Crippen molar-refractivity contribution in [3.05, 3.63) is 66.5 Å². The average Bonchev–Trinajstić information content (AvgIpc) is 3.33. The Kier molecular flexibility index (Phi) is 5.51. The third kappa shape index (κ3) is 3.97. The van der Waals surface area contributed by atoms with Crippen molar-refractivity contribution in [1.82, 2.24) is 19.7 Å². The minimum atomic E-state index is -0.0459. The van der Waals surface area contributed by atoms with Crippen molar-refractivity contribution in [2.45, 2.75) is 24.3 Å². The van der Waals surface area contributed by atoms with Crippen LogP contribution in [0.3, 0.4) is 0 Å². The molecule has 0 radical (unpaired) electrons. The molecule has 1 unspecified atom stereocenters. The highest BCUT2D eigenvalue weighted by Gasteiger charge is 2.28. The number of carbonyl (C=O) groups is 1. The molecule has 1 aliphatic rings. The zero-order valence-electron chi connectivity index (χ0n) is 17.5. The molecule has 1 aliphatic heterocycles. The summed E-state index contributed by atoms with van der Waals surface area (Å²) in [4.78, 5) is 25.7. The normalized spacial score (nSPS) is 16.7. The highest BCUT2D eigenvalue weighted by atomic mass is 32.2. The first-order chi connectivity index (χ1) is 15.2. The lowest BCUT2D eigenvalue weighted by atomic mass is 9.97. The van der Waals surface area contributed by atoms with Crippen LogP contribution in [0.15, 0.2) is 65.8 Å². The smallest absolute Gasteiger partial charge is 0.225 e. The van der Waals surface area contributed by atoms with Crippen LogP contribution in [0.4, 0.5) is 5.82 Å². The van der Waals surface area contributed by atoms with E-state index in [1.54, 1.807) is 18.0 Å². The van der Waals surface area contributed by atoms with Gasteiger partial charge in [-0.15, -0.1) is 11.8 Å². The highest BCUT2D eigenvalue weighted by molar-refractivity contribution is 7.98. The topological polar surface area (TPSA) is 62.5 Å². The third-order valence-corrected chi connectivity index (χ3v) is 6.68. The molecule has 1 atom stereocenters. The molecule has 1 N–H and O–H groups in total. The van der Waals surface area contributed by atoms with Crippen LogP contribution in [0.2, 0.25) is 0 Å². The van der Waals surface area contributed by atoms with E-state index in [2.05, 4.69) is 56.2 Å². The van der Waals surface area contributed by atoms with E-state index in [9.17, 15) is 4.79 Å². The summed E-state index contributed by atoms with van der Waals surface area (Å²) in [5, 5.41) is 3.13. The van der Waals surface area contributed by atoms with E-state index in [1.807, 2.05) is 24.4 Å². The third-order valence-electron chi connectivity index (χ3n) is 5.93. The summed E-state index contributed by atoms with van der Waals surface area (Å²) in [6.07, 6.45) is 7.74. The quantitative estimate of drug-likeness (QED) is 0.481. The van der Waals surface area contributed by atoms with Crippen LogP contribution in [0.25, 0.3) is 16.7 Å². The van der Waals surface area contributed by atoms with Gasteiger partial charge in [-0.3, -0.25) is 4.79 Å². The second-order valence-electron chi connectivity index (χ2n) is 7.90. The minimum Gasteiger partial charge on any atom is -0.354 e. The maximum Gasteiger partial charge on any atom is 0.225 e. The van der Waals surface area contributed by atoms with Gasteiger partial charge in [-0.1, -0.05) is 12.1 Å². The number of anilines is 1. The number of piperidine rings is 1. The standard InChI is InChI=1S/C24H25N5OS/c1-31-19-10-8-17(9-11-19)15-26-24(30)18-5-3-13-28(16-18)23-21-7-4-14-29(21)20-6-2-12-25-22(20)27-23/h2,4,6-12,14,18H,3,5,13,15-16H2,1H3,(H,26,30). The first-order valence-corrected chi connectivity index (χ1v) is 11.8. The van der Waals surface area contributed by atoms with Crippen LogP contribution in [0.1, 0.15) is 18.4 Å². The summed E-state index contributed by atoms with van der Waals surface area (Å²) in [6.45, 7) is 2.13. The van der Waals surface area contributed by atoms with Crippen molar-refractivity contribution in [3.63, 3.8) is 0 Å². The lowest BCUT2D eigenvalue weighted by Crippen LogP contribution is -2.43. The maximum atomic E-state index is 12.9. The summed E-state index contributed by atoms with van der Waals surface area (Å²) in [7, 11) is 0. The molecule has 1 saturated heterocycles. The van der Waals surface area contributed by atoms with E-state index in [0.29, 0.717) is 13.1 Å². The van der Waals surface area contributed by atoms with Crippen molar-refractivity contribution >= 4 is 40.2 Å². The second kappa shape index (κ2) is 8.59. The Morgan fingerprint density at radius 1 is 1.16 bits per heavy atom.